The normalized spacial score (nSPS) is 10.4. The van der Waals surface area contributed by atoms with Gasteiger partial charge in [0.05, 0.1) is 12.3 Å². The number of aryl methyl sites for hydroxylation is 1. The molecule has 7 nitrogen and oxygen atoms in total. The third-order valence-electron chi connectivity index (χ3n) is 4.01. The first-order chi connectivity index (χ1) is 13.6. The molecule has 2 N–H and O–H groups in total. The molecule has 0 fully saturated rings. The smallest absolute Gasteiger partial charge is 0.278 e. The fourth-order valence-electron chi connectivity index (χ4n) is 2.62. The Labute approximate surface area is 163 Å². The SMILES string of the molecule is CCOc1ccc(C(=O)Nc2cn(CC)nc2C(=O)Nc2ccccc2)cc1. The fourth-order valence-corrected chi connectivity index (χ4v) is 2.62. The standard InChI is InChI=1S/C21H22N4O3/c1-3-25-14-18(19(24-25)21(27)22-16-8-6-5-7-9-16)23-20(26)15-10-12-17(13-11-15)28-4-2/h5-14H,3-4H2,1-2H3,(H,22,27)(H,23,26). The van der Waals surface area contributed by atoms with Gasteiger partial charge in [-0.3, -0.25) is 14.3 Å². The quantitative estimate of drug-likeness (QED) is 0.655. The minimum atomic E-state index is -0.389. The molecule has 7 heteroatoms. The number of hydrogen-bond acceptors (Lipinski definition) is 4. The molecule has 1 aromatic heterocycles. The van der Waals surface area contributed by atoms with E-state index in [-0.39, 0.29) is 17.5 Å². The summed E-state index contributed by atoms with van der Waals surface area (Å²) in [4.78, 5) is 25.2. The van der Waals surface area contributed by atoms with Crippen LogP contribution in [-0.4, -0.2) is 28.2 Å². The van der Waals surface area contributed by atoms with Crippen LogP contribution in [0.2, 0.25) is 0 Å². The maximum absolute atomic E-state index is 12.6. The molecule has 3 rings (SSSR count). The number of benzene rings is 2. The van der Waals surface area contributed by atoms with Gasteiger partial charge in [-0.1, -0.05) is 18.2 Å². The van der Waals surface area contributed by atoms with E-state index in [0.29, 0.717) is 35.8 Å². The lowest BCUT2D eigenvalue weighted by atomic mass is 10.2. The van der Waals surface area contributed by atoms with Gasteiger partial charge in [-0.2, -0.15) is 5.10 Å². The van der Waals surface area contributed by atoms with Gasteiger partial charge >= 0.3 is 0 Å². The molecule has 0 saturated heterocycles. The van der Waals surface area contributed by atoms with Crippen molar-refractivity contribution in [2.45, 2.75) is 20.4 Å². The zero-order valence-electron chi connectivity index (χ0n) is 15.8. The highest BCUT2D eigenvalue weighted by Crippen LogP contribution is 2.19. The van der Waals surface area contributed by atoms with Crippen LogP contribution >= 0.6 is 0 Å². The second-order valence-electron chi connectivity index (χ2n) is 5.98. The van der Waals surface area contributed by atoms with Gasteiger partial charge in [0.1, 0.15) is 5.75 Å². The zero-order chi connectivity index (χ0) is 19.9. The van der Waals surface area contributed by atoms with E-state index in [1.54, 1.807) is 47.3 Å². The summed E-state index contributed by atoms with van der Waals surface area (Å²) in [5, 5.41) is 9.84. The lowest BCUT2D eigenvalue weighted by Gasteiger charge is -2.07. The van der Waals surface area contributed by atoms with Crippen molar-refractivity contribution in [3.8, 4) is 5.75 Å². The Balaban J connectivity index is 1.78. The van der Waals surface area contributed by atoms with Crippen LogP contribution in [0.4, 0.5) is 11.4 Å². The van der Waals surface area contributed by atoms with E-state index in [1.165, 1.54) is 0 Å². The van der Waals surface area contributed by atoms with Gasteiger partial charge in [0.15, 0.2) is 5.69 Å². The number of rotatable bonds is 7. The topological polar surface area (TPSA) is 85.2 Å². The molecular formula is C21H22N4O3. The molecule has 0 spiro atoms. The first-order valence-electron chi connectivity index (χ1n) is 9.08. The summed E-state index contributed by atoms with van der Waals surface area (Å²) in [5.74, 6) is -0.0198. The summed E-state index contributed by atoms with van der Waals surface area (Å²) < 4.78 is 6.99. The number of aromatic nitrogens is 2. The van der Waals surface area contributed by atoms with Gasteiger partial charge in [0, 0.05) is 24.0 Å². The lowest BCUT2D eigenvalue weighted by molar-refractivity contribution is 0.102. The largest absolute Gasteiger partial charge is 0.494 e. The summed E-state index contributed by atoms with van der Waals surface area (Å²) in [6.45, 7) is 4.93. The first kappa shape index (κ1) is 19.2. The molecule has 0 saturated carbocycles. The highest BCUT2D eigenvalue weighted by atomic mass is 16.5. The number of ether oxygens (including phenoxy) is 1. The van der Waals surface area contributed by atoms with Crippen LogP contribution in [0, 0.1) is 0 Å². The van der Waals surface area contributed by atoms with Crippen molar-refractivity contribution in [2.24, 2.45) is 0 Å². The Morgan fingerprint density at radius 1 is 0.964 bits per heavy atom. The average Bonchev–Trinajstić information content (AvgIpc) is 3.12. The lowest BCUT2D eigenvalue weighted by Crippen LogP contribution is -2.18. The predicted octanol–water partition coefficient (Wildman–Crippen LogP) is 3.81. The van der Waals surface area contributed by atoms with Gasteiger partial charge in [-0.25, -0.2) is 0 Å². The van der Waals surface area contributed by atoms with Crippen molar-refractivity contribution < 1.29 is 14.3 Å². The highest BCUT2D eigenvalue weighted by Gasteiger charge is 2.19. The summed E-state index contributed by atoms with van der Waals surface area (Å²) in [7, 11) is 0. The number of nitrogens with one attached hydrogen (secondary N) is 2. The van der Waals surface area contributed by atoms with E-state index in [4.69, 9.17) is 4.74 Å². The fraction of sp³-hybridized carbons (Fsp3) is 0.190. The number of carbonyl (C=O) groups excluding carboxylic acids is 2. The zero-order valence-corrected chi connectivity index (χ0v) is 15.8. The Morgan fingerprint density at radius 2 is 1.68 bits per heavy atom. The number of anilines is 2. The number of para-hydroxylation sites is 1. The second-order valence-corrected chi connectivity index (χ2v) is 5.98. The van der Waals surface area contributed by atoms with Crippen molar-refractivity contribution in [3.05, 3.63) is 72.1 Å². The molecule has 3 aromatic rings. The Bertz CT molecular complexity index is 950. The van der Waals surface area contributed by atoms with Crippen molar-refractivity contribution in [1.82, 2.24) is 9.78 Å². The van der Waals surface area contributed by atoms with E-state index in [9.17, 15) is 9.59 Å². The summed E-state index contributed by atoms with van der Waals surface area (Å²) in [5.41, 5.74) is 1.63. The van der Waals surface area contributed by atoms with E-state index in [0.717, 1.165) is 0 Å². The van der Waals surface area contributed by atoms with Gasteiger partial charge in [0.2, 0.25) is 0 Å². The van der Waals surface area contributed by atoms with Crippen LogP contribution < -0.4 is 15.4 Å². The van der Waals surface area contributed by atoms with Crippen LogP contribution in [0.3, 0.4) is 0 Å². The van der Waals surface area contributed by atoms with Gasteiger partial charge in [-0.05, 0) is 50.2 Å². The maximum Gasteiger partial charge on any atom is 0.278 e. The number of hydrogen-bond donors (Lipinski definition) is 2. The molecule has 144 valence electrons. The molecule has 0 aliphatic rings. The minimum Gasteiger partial charge on any atom is -0.494 e. The molecule has 2 aromatic carbocycles. The first-order valence-corrected chi connectivity index (χ1v) is 9.08. The Morgan fingerprint density at radius 3 is 2.32 bits per heavy atom. The minimum absolute atomic E-state index is 0.157. The van der Waals surface area contributed by atoms with Crippen LogP contribution in [0.1, 0.15) is 34.7 Å². The van der Waals surface area contributed by atoms with Gasteiger partial charge < -0.3 is 15.4 Å². The third-order valence-corrected chi connectivity index (χ3v) is 4.01. The molecule has 0 bridgehead atoms. The van der Waals surface area contributed by atoms with Gasteiger partial charge in [0.25, 0.3) is 11.8 Å². The van der Waals surface area contributed by atoms with Crippen LogP contribution in [-0.2, 0) is 6.54 Å². The highest BCUT2D eigenvalue weighted by molar-refractivity contribution is 6.11. The Kier molecular flexibility index (Phi) is 6.06. The van der Waals surface area contributed by atoms with Crippen LogP contribution in [0.25, 0.3) is 0 Å². The molecule has 2 amide bonds. The number of carbonyl (C=O) groups is 2. The van der Waals surface area contributed by atoms with Crippen molar-refractivity contribution in [2.75, 3.05) is 17.2 Å². The van der Waals surface area contributed by atoms with Crippen LogP contribution in [0.15, 0.2) is 60.8 Å². The molecular weight excluding hydrogens is 356 g/mol. The van der Waals surface area contributed by atoms with E-state index in [1.807, 2.05) is 32.0 Å². The van der Waals surface area contributed by atoms with Gasteiger partial charge in [-0.15, -0.1) is 0 Å². The number of nitrogens with zero attached hydrogens (tertiary/aromatic N) is 2. The second kappa shape index (κ2) is 8.85. The number of amides is 2. The average molecular weight is 378 g/mol. The molecule has 0 atom stereocenters. The van der Waals surface area contributed by atoms with Crippen LogP contribution in [0.5, 0.6) is 5.75 Å². The maximum atomic E-state index is 12.6. The van der Waals surface area contributed by atoms with Crippen molar-refractivity contribution in [3.63, 3.8) is 0 Å². The summed E-state index contributed by atoms with van der Waals surface area (Å²) >= 11 is 0. The van der Waals surface area contributed by atoms with E-state index < -0.39 is 0 Å². The monoisotopic (exact) mass is 378 g/mol. The van der Waals surface area contributed by atoms with E-state index >= 15 is 0 Å². The van der Waals surface area contributed by atoms with Crippen molar-refractivity contribution >= 4 is 23.2 Å². The van der Waals surface area contributed by atoms with E-state index in [2.05, 4.69) is 15.7 Å². The molecule has 28 heavy (non-hydrogen) atoms. The summed E-state index contributed by atoms with van der Waals surface area (Å²) in [6, 6.07) is 15.9. The third kappa shape index (κ3) is 4.56. The Hall–Kier alpha value is -3.61. The molecule has 0 aliphatic carbocycles. The predicted molar refractivity (Wildman–Crippen MR) is 108 cm³/mol. The molecule has 0 aliphatic heterocycles. The molecule has 0 radical (unpaired) electrons. The van der Waals surface area contributed by atoms with Crippen molar-refractivity contribution in [1.29, 1.82) is 0 Å². The molecule has 0 unspecified atom stereocenters. The summed E-state index contributed by atoms with van der Waals surface area (Å²) in [6.07, 6.45) is 1.65. The molecule has 1 heterocycles.